The van der Waals surface area contributed by atoms with Crippen LogP contribution in [0.2, 0.25) is 0 Å². The lowest BCUT2D eigenvalue weighted by Crippen LogP contribution is -2.48. The van der Waals surface area contributed by atoms with Gasteiger partial charge in [0.05, 0.1) is 7.11 Å². The van der Waals surface area contributed by atoms with Gasteiger partial charge < -0.3 is 20.7 Å². The Kier molecular flexibility index (Phi) is 6.10. The summed E-state index contributed by atoms with van der Waals surface area (Å²) in [6.07, 6.45) is 0. The molecule has 8 heteroatoms. The van der Waals surface area contributed by atoms with Crippen molar-refractivity contribution in [1.82, 2.24) is 9.80 Å². The molecule has 0 radical (unpaired) electrons. The fourth-order valence-corrected chi connectivity index (χ4v) is 3.28. The van der Waals surface area contributed by atoms with Crippen molar-refractivity contribution in [3.8, 4) is 5.75 Å². The Morgan fingerprint density at radius 2 is 1.89 bits per heavy atom. The molecule has 1 saturated heterocycles. The van der Waals surface area contributed by atoms with Crippen LogP contribution in [0.15, 0.2) is 42.5 Å². The molecule has 0 atom stereocenters. The molecule has 0 unspecified atom stereocenters. The zero-order chi connectivity index (χ0) is 20.1. The number of primary amides is 1. The van der Waals surface area contributed by atoms with Crippen molar-refractivity contribution in [3.05, 3.63) is 59.4 Å². The van der Waals surface area contributed by atoms with Crippen molar-refractivity contribution in [3.63, 3.8) is 0 Å². The van der Waals surface area contributed by atoms with E-state index in [0.717, 1.165) is 5.56 Å². The number of urea groups is 1. The third-order valence-corrected chi connectivity index (χ3v) is 4.67. The van der Waals surface area contributed by atoms with Gasteiger partial charge in [0.25, 0.3) is 5.91 Å². The van der Waals surface area contributed by atoms with E-state index in [1.807, 2.05) is 0 Å². The van der Waals surface area contributed by atoms with Gasteiger partial charge in [0.15, 0.2) is 0 Å². The van der Waals surface area contributed by atoms with Crippen molar-refractivity contribution < 1.29 is 18.7 Å². The Labute approximate surface area is 162 Å². The molecule has 0 bridgehead atoms. The predicted octanol–water partition coefficient (Wildman–Crippen LogP) is 2.28. The maximum atomic E-state index is 13.5. The van der Waals surface area contributed by atoms with Crippen molar-refractivity contribution in [2.75, 3.05) is 38.6 Å². The number of nitrogens with two attached hydrogens (primary N) is 1. The van der Waals surface area contributed by atoms with E-state index in [-0.39, 0.29) is 11.7 Å². The van der Waals surface area contributed by atoms with E-state index in [0.29, 0.717) is 49.7 Å². The molecule has 0 spiro atoms. The first-order chi connectivity index (χ1) is 13.5. The number of hydrogen-bond acceptors (Lipinski definition) is 4. The van der Waals surface area contributed by atoms with Crippen molar-refractivity contribution in [2.45, 2.75) is 6.54 Å². The van der Waals surface area contributed by atoms with Crippen LogP contribution in [0.1, 0.15) is 15.9 Å². The number of nitrogens with zero attached hydrogens (tertiary/aromatic N) is 2. The van der Waals surface area contributed by atoms with E-state index >= 15 is 0 Å². The third kappa shape index (κ3) is 4.77. The minimum atomic E-state index is -0.675. The molecule has 3 N–H and O–H groups in total. The number of halogens is 1. The van der Waals surface area contributed by atoms with Gasteiger partial charge in [-0.1, -0.05) is 6.07 Å². The van der Waals surface area contributed by atoms with Gasteiger partial charge in [-0.2, -0.15) is 0 Å². The number of carbonyl (C=O) groups is 2. The molecule has 0 aliphatic carbocycles. The molecule has 3 rings (SSSR count). The molecule has 3 amide bonds. The highest BCUT2D eigenvalue weighted by atomic mass is 19.1. The molecule has 0 aromatic heterocycles. The van der Waals surface area contributed by atoms with E-state index < -0.39 is 6.03 Å². The summed E-state index contributed by atoms with van der Waals surface area (Å²) in [7, 11) is 1.56. The molecular weight excluding hydrogens is 363 g/mol. The SMILES string of the molecule is COc1ccc(F)cc1CN1CCN(C(=O)c2cccc(NC(N)=O)c2)CC1. The maximum Gasteiger partial charge on any atom is 0.316 e. The predicted molar refractivity (Wildman–Crippen MR) is 104 cm³/mol. The number of anilines is 1. The standard InChI is InChI=1S/C20H23FN4O3/c1-28-18-6-5-16(21)11-15(18)13-24-7-9-25(10-8-24)19(26)14-3-2-4-17(12-14)23-20(22)27/h2-6,11-12H,7-10,13H2,1H3,(H3,22,23,27). The summed E-state index contributed by atoms with van der Waals surface area (Å²) in [6.45, 7) is 3.02. The monoisotopic (exact) mass is 386 g/mol. The minimum absolute atomic E-state index is 0.101. The van der Waals surface area contributed by atoms with Gasteiger partial charge in [0.1, 0.15) is 11.6 Å². The van der Waals surface area contributed by atoms with Crippen molar-refractivity contribution in [2.24, 2.45) is 5.73 Å². The maximum absolute atomic E-state index is 13.5. The first kappa shape index (κ1) is 19.6. The second-order valence-electron chi connectivity index (χ2n) is 6.59. The number of hydrogen-bond donors (Lipinski definition) is 2. The number of methoxy groups -OCH3 is 1. The zero-order valence-corrected chi connectivity index (χ0v) is 15.7. The van der Waals surface area contributed by atoms with Gasteiger partial charge in [0.2, 0.25) is 0 Å². The average molecular weight is 386 g/mol. The fraction of sp³-hybridized carbons (Fsp3) is 0.300. The Morgan fingerprint density at radius 3 is 2.57 bits per heavy atom. The largest absolute Gasteiger partial charge is 0.496 e. The fourth-order valence-electron chi connectivity index (χ4n) is 3.28. The summed E-state index contributed by atoms with van der Waals surface area (Å²) < 4.78 is 18.8. The lowest BCUT2D eigenvalue weighted by Gasteiger charge is -2.35. The molecular formula is C20H23FN4O3. The second-order valence-corrected chi connectivity index (χ2v) is 6.59. The van der Waals surface area contributed by atoms with Crippen LogP contribution in [0.5, 0.6) is 5.75 Å². The lowest BCUT2D eigenvalue weighted by atomic mass is 10.1. The van der Waals surface area contributed by atoms with Crippen molar-refractivity contribution >= 4 is 17.6 Å². The number of nitrogens with one attached hydrogen (secondary N) is 1. The quantitative estimate of drug-likeness (QED) is 0.825. The van der Waals surface area contributed by atoms with Crippen molar-refractivity contribution in [1.29, 1.82) is 0 Å². The third-order valence-electron chi connectivity index (χ3n) is 4.67. The second kappa shape index (κ2) is 8.71. The van der Waals surface area contributed by atoms with Gasteiger partial charge in [-0.3, -0.25) is 9.69 Å². The first-order valence-electron chi connectivity index (χ1n) is 8.97. The average Bonchev–Trinajstić information content (AvgIpc) is 2.68. The number of piperazine rings is 1. The van der Waals surface area contributed by atoms with Crippen LogP contribution >= 0.6 is 0 Å². The topological polar surface area (TPSA) is 87.9 Å². The number of ether oxygens (including phenoxy) is 1. The Bertz CT molecular complexity index is 866. The number of amides is 3. The number of carbonyl (C=O) groups excluding carboxylic acids is 2. The smallest absolute Gasteiger partial charge is 0.316 e. The van der Waals surface area contributed by atoms with Crippen LogP contribution in [-0.4, -0.2) is 55.0 Å². The molecule has 7 nitrogen and oxygen atoms in total. The molecule has 0 saturated carbocycles. The van der Waals surface area contributed by atoms with Crippen LogP contribution in [-0.2, 0) is 6.54 Å². The highest BCUT2D eigenvalue weighted by Crippen LogP contribution is 2.22. The van der Waals surface area contributed by atoms with Gasteiger partial charge in [-0.15, -0.1) is 0 Å². The molecule has 148 valence electrons. The minimum Gasteiger partial charge on any atom is -0.496 e. The number of benzene rings is 2. The van der Waals surface area contributed by atoms with E-state index in [9.17, 15) is 14.0 Å². The van der Waals surface area contributed by atoms with Crippen LogP contribution in [0.4, 0.5) is 14.9 Å². The van der Waals surface area contributed by atoms with E-state index in [1.54, 1.807) is 42.3 Å². The Morgan fingerprint density at radius 1 is 1.14 bits per heavy atom. The van der Waals surface area contributed by atoms with Crippen LogP contribution in [0.3, 0.4) is 0 Å². The summed E-state index contributed by atoms with van der Waals surface area (Å²) in [5.74, 6) is 0.254. The first-order valence-corrected chi connectivity index (χ1v) is 8.97. The van der Waals surface area contributed by atoms with E-state index in [4.69, 9.17) is 10.5 Å². The van der Waals surface area contributed by atoms with Crippen LogP contribution in [0.25, 0.3) is 0 Å². The van der Waals surface area contributed by atoms with Gasteiger partial charge in [-0.05, 0) is 36.4 Å². The molecule has 1 heterocycles. The van der Waals surface area contributed by atoms with Gasteiger partial charge in [0, 0.05) is 49.5 Å². The zero-order valence-electron chi connectivity index (χ0n) is 15.7. The molecule has 2 aromatic rings. The highest BCUT2D eigenvalue weighted by Gasteiger charge is 2.23. The van der Waals surface area contributed by atoms with Crippen LogP contribution < -0.4 is 15.8 Å². The Hall–Kier alpha value is -3.13. The summed E-state index contributed by atoms with van der Waals surface area (Å²) in [6, 6.07) is 10.5. The molecule has 1 aliphatic heterocycles. The normalized spacial score (nSPS) is 14.6. The van der Waals surface area contributed by atoms with E-state index in [1.165, 1.54) is 12.1 Å². The molecule has 1 fully saturated rings. The van der Waals surface area contributed by atoms with Gasteiger partial charge in [-0.25, -0.2) is 9.18 Å². The summed E-state index contributed by atoms with van der Waals surface area (Å²) in [5.41, 5.74) is 6.88. The molecule has 2 aromatic carbocycles. The van der Waals surface area contributed by atoms with E-state index in [2.05, 4.69) is 10.2 Å². The summed E-state index contributed by atoms with van der Waals surface area (Å²) in [5, 5.41) is 2.47. The Balaban J connectivity index is 1.60. The summed E-state index contributed by atoms with van der Waals surface area (Å²) >= 11 is 0. The van der Waals surface area contributed by atoms with Gasteiger partial charge >= 0.3 is 6.03 Å². The number of rotatable bonds is 5. The summed E-state index contributed by atoms with van der Waals surface area (Å²) in [4.78, 5) is 27.6. The highest BCUT2D eigenvalue weighted by molar-refractivity contribution is 5.96. The lowest BCUT2D eigenvalue weighted by molar-refractivity contribution is 0.0627. The molecule has 1 aliphatic rings. The molecule has 28 heavy (non-hydrogen) atoms. The van der Waals surface area contributed by atoms with Crippen LogP contribution in [0, 0.1) is 5.82 Å².